The number of hydrogen-bond donors (Lipinski definition) is 1. The van der Waals surface area contributed by atoms with Crippen molar-refractivity contribution in [3.63, 3.8) is 0 Å². The summed E-state index contributed by atoms with van der Waals surface area (Å²) < 4.78 is 1.71. The van der Waals surface area contributed by atoms with Crippen molar-refractivity contribution in [2.24, 2.45) is 0 Å². The molecule has 6 nitrogen and oxygen atoms in total. The zero-order chi connectivity index (χ0) is 17.2. The van der Waals surface area contributed by atoms with E-state index in [0.29, 0.717) is 11.9 Å². The van der Waals surface area contributed by atoms with Crippen LogP contribution in [0.1, 0.15) is 24.7 Å². The maximum Gasteiger partial charge on any atom is 0.258 e. The predicted molar refractivity (Wildman–Crippen MR) is 96.6 cm³/mol. The first-order valence-electron chi connectivity index (χ1n) is 8.61. The van der Waals surface area contributed by atoms with Gasteiger partial charge in [-0.1, -0.05) is 18.2 Å². The number of para-hydroxylation sites is 1. The lowest BCUT2D eigenvalue weighted by molar-refractivity contribution is 0.238. The number of fused-ring (bicyclic) bond motifs is 1. The molecule has 4 rings (SSSR count). The third-order valence-electron chi connectivity index (χ3n) is 4.84. The normalized spacial score (nSPS) is 18.0. The molecule has 0 radical (unpaired) electrons. The van der Waals surface area contributed by atoms with E-state index in [1.54, 1.807) is 22.8 Å². The molecule has 1 saturated heterocycles. The highest BCUT2D eigenvalue weighted by Gasteiger charge is 2.28. The van der Waals surface area contributed by atoms with Gasteiger partial charge in [0.2, 0.25) is 0 Å². The number of aromatic nitrogens is 3. The molecule has 0 amide bonds. The van der Waals surface area contributed by atoms with E-state index in [-0.39, 0.29) is 17.2 Å². The Morgan fingerprint density at radius 2 is 1.92 bits per heavy atom. The molecule has 128 valence electrons. The van der Waals surface area contributed by atoms with Gasteiger partial charge in [-0.05, 0) is 37.6 Å². The van der Waals surface area contributed by atoms with Crippen LogP contribution in [0.15, 0.2) is 58.3 Å². The van der Waals surface area contributed by atoms with Crippen molar-refractivity contribution in [1.29, 1.82) is 0 Å². The summed E-state index contributed by atoms with van der Waals surface area (Å²) in [5.41, 5.74) is 0.648. The Morgan fingerprint density at radius 3 is 2.80 bits per heavy atom. The van der Waals surface area contributed by atoms with Gasteiger partial charge in [0.15, 0.2) is 0 Å². The van der Waals surface area contributed by atoms with Gasteiger partial charge in [-0.15, -0.1) is 0 Å². The fourth-order valence-corrected chi connectivity index (χ4v) is 3.55. The average molecular weight is 336 g/mol. The summed E-state index contributed by atoms with van der Waals surface area (Å²) in [6.45, 7) is 2.34. The number of aromatic amines is 1. The van der Waals surface area contributed by atoms with Gasteiger partial charge in [0.1, 0.15) is 5.82 Å². The summed E-state index contributed by atoms with van der Waals surface area (Å²) in [4.78, 5) is 34.1. The number of hydrogen-bond acceptors (Lipinski definition) is 4. The van der Waals surface area contributed by atoms with Gasteiger partial charge in [-0.3, -0.25) is 14.5 Å². The largest absolute Gasteiger partial charge is 0.314 e. The standard InChI is InChI=1S/C19H20N4O2/c24-17-9-3-4-10-23(17)13-12-22-11-5-8-16(22)18-20-15-7-2-1-6-14(15)19(25)21-18/h1-4,6-7,9-10,16H,5,8,11-13H2,(H,20,21,25). The van der Waals surface area contributed by atoms with Gasteiger partial charge in [0.25, 0.3) is 11.1 Å². The average Bonchev–Trinajstić information content (AvgIpc) is 3.10. The minimum atomic E-state index is -0.0910. The minimum Gasteiger partial charge on any atom is -0.314 e. The number of nitrogens with zero attached hydrogens (tertiary/aromatic N) is 3. The Bertz CT molecular complexity index is 1010. The second-order valence-corrected chi connectivity index (χ2v) is 6.39. The highest BCUT2D eigenvalue weighted by molar-refractivity contribution is 5.77. The molecule has 1 aliphatic rings. The zero-order valence-corrected chi connectivity index (χ0v) is 13.9. The molecule has 1 atom stereocenters. The van der Waals surface area contributed by atoms with Gasteiger partial charge < -0.3 is 9.55 Å². The third kappa shape index (κ3) is 3.13. The second-order valence-electron chi connectivity index (χ2n) is 6.39. The molecule has 2 aromatic heterocycles. The van der Waals surface area contributed by atoms with Crippen LogP contribution < -0.4 is 11.1 Å². The van der Waals surface area contributed by atoms with E-state index in [4.69, 9.17) is 0 Å². The SMILES string of the molecule is O=c1[nH]c(C2CCCN2CCn2ccccc2=O)nc2ccccc12. The molecule has 3 aromatic rings. The van der Waals surface area contributed by atoms with E-state index in [1.165, 1.54) is 0 Å². The molecule has 0 saturated carbocycles. The summed E-state index contributed by atoms with van der Waals surface area (Å²) >= 11 is 0. The lowest BCUT2D eigenvalue weighted by Gasteiger charge is -2.24. The summed E-state index contributed by atoms with van der Waals surface area (Å²) in [7, 11) is 0. The fourth-order valence-electron chi connectivity index (χ4n) is 3.55. The molecule has 0 bridgehead atoms. The van der Waals surface area contributed by atoms with Crippen molar-refractivity contribution in [2.45, 2.75) is 25.4 Å². The van der Waals surface area contributed by atoms with Crippen LogP contribution in [0.25, 0.3) is 10.9 Å². The van der Waals surface area contributed by atoms with Gasteiger partial charge in [-0.2, -0.15) is 0 Å². The topological polar surface area (TPSA) is 71.0 Å². The Labute approximate surface area is 144 Å². The number of benzene rings is 1. The highest BCUT2D eigenvalue weighted by Crippen LogP contribution is 2.29. The summed E-state index contributed by atoms with van der Waals surface area (Å²) in [6.07, 6.45) is 3.83. The van der Waals surface area contributed by atoms with Crippen molar-refractivity contribution in [1.82, 2.24) is 19.4 Å². The molecule has 1 unspecified atom stereocenters. The lowest BCUT2D eigenvalue weighted by Crippen LogP contribution is -2.31. The molecule has 1 aromatic carbocycles. The maximum absolute atomic E-state index is 12.3. The Morgan fingerprint density at radius 1 is 1.08 bits per heavy atom. The second kappa shape index (κ2) is 6.64. The molecule has 1 fully saturated rings. The highest BCUT2D eigenvalue weighted by atomic mass is 16.1. The first-order chi connectivity index (χ1) is 12.2. The van der Waals surface area contributed by atoms with Crippen molar-refractivity contribution in [3.8, 4) is 0 Å². The molecule has 0 aliphatic carbocycles. The lowest BCUT2D eigenvalue weighted by atomic mass is 10.2. The molecular weight excluding hydrogens is 316 g/mol. The predicted octanol–water partition coefficient (Wildman–Crippen LogP) is 1.92. The molecule has 25 heavy (non-hydrogen) atoms. The van der Waals surface area contributed by atoms with Crippen molar-refractivity contribution >= 4 is 10.9 Å². The van der Waals surface area contributed by atoms with Gasteiger partial charge in [0, 0.05) is 25.4 Å². The first kappa shape index (κ1) is 15.8. The van der Waals surface area contributed by atoms with Crippen LogP contribution in [-0.4, -0.2) is 32.5 Å². The summed E-state index contributed by atoms with van der Waals surface area (Å²) in [5, 5.41) is 0.617. The van der Waals surface area contributed by atoms with Gasteiger partial charge in [-0.25, -0.2) is 4.98 Å². The van der Waals surface area contributed by atoms with Gasteiger partial charge >= 0.3 is 0 Å². The summed E-state index contributed by atoms with van der Waals surface area (Å²) in [5.74, 6) is 0.724. The number of likely N-dealkylation sites (tertiary alicyclic amines) is 1. The molecule has 1 aliphatic heterocycles. The van der Waals surface area contributed by atoms with Crippen LogP contribution in [0.3, 0.4) is 0 Å². The first-order valence-corrected chi connectivity index (χ1v) is 8.61. The van der Waals surface area contributed by atoms with Crippen LogP contribution in [-0.2, 0) is 6.54 Å². The molecule has 6 heteroatoms. The number of H-pyrrole nitrogens is 1. The zero-order valence-electron chi connectivity index (χ0n) is 13.9. The minimum absolute atomic E-state index is 0.00971. The van der Waals surface area contributed by atoms with Crippen LogP contribution in [0.4, 0.5) is 0 Å². The van der Waals surface area contributed by atoms with E-state index in [0.717, 1.165) is 37.3 Å². The van der Waals surface area contributed by atoms with E-state index in [9.17, 15) is 9.59 Å². The van der Waals surface area contributed by atoms with E-state index < -0.39 is 0 Å². The van der Waals surface area contributed by atoms with Crippen LogP contribution >= 0.6 is 0 Å². The van der Waals surface area contributed by atoms with E-state index in [2.05, 4.69) is 14.9 Å². The quantitative estimate of drug-likeness (QED) is 0.790. The van der Waals surface area contributed by atoms with Crippen LogP contribution in [0.2, 0.25) is 0 Å². The third-order valence-corrected chi connectivity index (χ3v) is 4.84. The van der Waals surface area contributed by atoms with Crippen molar-refractivity contribution in [2.75, 3.05) is 13.1 Å². The fraction of sp³-hybridized carbons (Fsp3) is 0.316. The molecule has 0 spiro atoms. The van der Waals surface area contributed by atoms with E-state index >= 15 is 0 Å². The smallest absolute Gasteiger partial charge is 0.258 e. The Hall–Kier alpha value is -2.73. The van der Waals surface area contributed by atoms with Crippen molar-refractivity contribution < 1.29 is 0 Å². The van der Waals surface area contributed by atoms with E-state index in [1.807, 2.05) is 30.5 Å². The number of rotatable bonds is 4. The number of pyridine rings is 1. The Kier molecular flexibility index (Phi) is 4.19. The number of nitrogens with one attached hydrogen (secondary N) is 1. The molecular formula is C19H20N4O2. The van der Waals surface area contributed by atoms with Crippen LogP contribution in [0.5, 0.6) is 0 Å². The Balaban J connectivity index is 1.58. The maximum atomic E-state index is 12.3. The molecule has 3 heterocycles. The van der Waals surface area contributed by atoms with Crippen molar-refractivity contribution in [3.05, 3.63) is 75.2 Å². The van der Waals surface area contributed by atoms with Crippen LogP contribution in [0, 0.1) is 0 Å². The summed E-state index contributed by atoms with van der Waals surface area (Å²) in [6, 6.07) is 12.7. The molecule has 1 N–H and O–H groups in total. The monoisotopic (exact) mass is 336 g/mol. The van der Waals surface area contributed by atoms with Gasteiger partial charge in [0.05, 0.1) is 16.9 Å².